The summed E-state index contributed by atoms with van der Waals surface area (Å²) < 4.78 is 11.1. The van der Waals surface area contributed by atoms with Crippen molar-refractivity contribution in [3.8, 4) is 11.5 Å². The largest absolute Gasteiger partial charge is 0.493 e. The van der Waals surface area contributed by atoms with E-state index in [2.05, 4.69) is 0 Å². The Bertz CT molecular complexity index is 497. The Morgan fingerprint density at radius 3 is 2.44 bits per heavy atom. The maximum absolute atomic E-state index is 5.78. The second-order valence-electron chi connectivity index (χ2n) is 3.79. The van der Waals surface area contributed by atoms with E-state index in [0.717, 1.165) is 17.1 Å². The van der Waals surface area contributed by atoms with E-state index in [9.17, 15) is 0 Å². The number of thioether (sulfide) groups is 1. The van der Waals surface area contributed by atoms with Crippen LogP contribution in [0, 0.1) is 0 Å². The fraction of sp³-hybridized carbons (Fsp3) is 0.200. The van der Waals surface area contributed by atoms with Crippen molar-refractivity contribution >= 4 is 11.8 Å². The Morgan fingerprint density at radius 1 is 1.00 bits per heavy atom. The van der Waals surface area contributed by atoms with Crippen molar-refractivity contribution in [2.24, 2.45) is 0 Å². The summed E-state index contributed by atoms with van der Waals surface area (Å²) in [5.74, 6) is 1.55. The van der Waals surface area contributed by atoms with E-state index < -0.39 is 0 Å². The summed E-state index contributed by atoms with van der Waals surface area (Å²) in [6.07, 6.45) is 2.04. The van der Waals surface area contributed by atoms with Gasteiger partial charge in [-0.3, -0.25) is 0 Å². The Kier molecular flexibility index (Phi) is 4.53. The highest BCUT2D eigenvalue weighted by Crippen LogP contribution is 2.31. The minimum absolute atomic E-state index is 0.551. The van der Waals surface area contributed by atoms with Gasteiger partial charge in [0.25, 0.3) is 0 Å². The number of ether oxygens (including phenoxy) is 2. The molecule has 0 heterocycles. The van der Waals surface area contributed by atoms with E-state index in [1.165, 1.54) is 4.90 Å². The van der Waals surface area contributed by atoms with Crippen LogP contribution in [0.25, 0.3) is 0 Å². The second kappa shape index (κ2) is 6.36. The van der Waals surface area contributed by atoms with Gasteiger partial charge in [0.2, 0.25) is 0 Å². The van der Waals surface area contributed by atoms with Gasteiger partial charge in [0.1, 0.15) is 6.61 Å². The van der Waals surface area contributed by atoms with Crippen LogP contribution in [0.15, 0.2) is 53.4 Å². The predicted molar refractivity (Wildman–Crippen MR) is 75.5 cm³/mol. The molecule has 0 N–H and O–H groups in total. The van der Waals surface area contributed by atoms with Crippen molar-refractivity contribution in [2.45, 2.75) is 11.5 Å². The first kappa shape index (κ1) is 12.8. The van der Waals surface area contributed by atoms with E-state index in [4.69, 9.17) is 9.47 Å². The number of methoxy groups -OCH3 is 1. The molecule has 0 amide bonds. The standard InChI is InChI=1S/C15H16O2S/c1-16-15-10-13(18-2)8-9-14(15)17-11-12-6-4-3-5-7-12/h3-10H,11H2,1-2H3. The molecule has 18 heavy (non-hydrogen) atoms. The van der Waals surface area contributed by atoms with Crippen molar-refractivity contribution < 1.29 is 9.47 Å². The molecule has 2 nitrogen and oxygen atoms in total. The molecule has 0 aliphatic rings. The van der Waals surface area contributed by atoms with Crippen LogP contribution in [0.3, 0.4) is 0 Å². The lowest BCUT2D eigenvalue weighted by molar-refractivity contribution is 0.284. The van der Waals surface area contributed by atoms with Crippen molar-refractivity contribution in [1.29, 1.82) is 0 Å². The highest BCUT2D eigenvalue weighted by atomic mass is 32.2. The molecule has 0 saturated carbocycles. The Labute approximate surface area is 112 Å². The van der Waals surface area contributed by atoms with Gasteiger partial charge in [-0.25, -0.2) is 0 Å². The molecule has 0 saturated heterocycles. The van der Waals surface area contributed by atoms with Crippen molar-refractivity contribution in [3.05, 3.63) is 54.1 Å². The molecule has 0 aliphatic carbocycles. The number of benzene rings is 2. The summed E-state index contributed by atoms with van der Waals surface area (Å²) in [4.78, 5) is 1.17. The first-order chi connectivity index (χ1) is 8.83. The molecule has 2 aromatic carbocycles. The summed E-state index contributed by atoms with van der Waals surface area (Å²) in [6, 6.07) is 16.1. The van der Waals surface area contributed by atoms with E-state index >= 15 is 0 Å². The number of hydrogen-bond acceptors (Lipinski definition) is 3. The van der Waals surface area contributed by atoms with Gasteiger partial charge in [0.05, 0.1) is 7.11 Å². The van der Waals surface area contributed by atoms with Crippen molar-refractivity contribution in [1.82, 2.24) is 0 Å². The molecule has 0 aliphatic heterocycles. The van der Waals surface area contributed by atoms with Crippen LogP contribution >= 0.6 is 11.8 Å². The highest BCUT2D eigenvalue weighted by Gasteiger charge is 2.05. The summed E-state index contributed by atoms with van der Waals surface area (Å²) in [5, 5.41) is 0. The Morgan fingerprint density at radius 2 is 1.78 bits per heavy atom. The SMILES string of the molecule is COc1cc(SC)ccc1OCc1ccccc1. The van der Waals surface area contributed by atoms with Gasteiger partial charge in [-0.2, -0.15) is 0 Å². The number of hydrogen-bond donors (Lipinski definition) is 0. The topological polar surface area (TPSA) is 18.5 Å². The fourth-order valence-electron chi connectivity index (χ4n) is 1.63. The lowest BCUT2D eigenvalue weighted by Crippen LogP contribution is -1.97. The van der Waals surface area contributed by atoms with Crippen LogP contribution in [-0.4, -0.2) is 13.4 Å². The van der Waals surface area contributed by atoms with E-state index in [-0.39, 0.29) is 0 Å². The third kappa shape index (κ3) is 3.20. The van der Waals surface area contributed by atoms with E-state index in [1.54, 1.807) is 18.9 Å². The van der Waals surface area contributed by atoms with Crippen molar-refractivity contribution in [2.75, 3.05) is 13.4 Å². The molecule has 3 heteroatoms. The Hall–Kier alpha value is -1.61. The van der Waals surface area contributed by atoms with Gasteiger partial charge >= 0.3 is 0 Å². The quantitative estimate of drug-likeness (QED) is 0.757. The molecule has 0 spiro atoms. The molecule has 0 bridgehead atoms. The monoisotopic (exact) mass is 260 g/mol. The molecular formula is C15H16O2S. The van der Waals surface area contributed by atoms with Gasteiger partial charge < -0.3 is 9.47 Å². The lowest BCUT2D eigenvalue weighted by atomic mass is 10.2. The zero-order chi connectivity index (χ0) is 12.8. The smallest absolute Gasteiger partial charge is 0.161 e. The highest BCUT2D eigenvalue weighted by molar-refractivity contribution is 7.98. The normalized spacial score (nSPS) is 10.1. The minimum atomic E-state index is 0.551. The van der Waals surface area contributed by atoms with Gasteiger partial charge in [-0.15, -0.1) is 11.8 Å². The summed E-state index contributed by atoms with van der Waals surface area (Å²) in [5.41, 5.74) is 1.15. The molecular weight excluding hydrogens is 244 g/mol. The molecule has 0 aromatic heterocycles. The first-order valence-corrected chi connectivity index (χ1v) is 6.94. The summed E-state index contributed by atoms with van der Waals surface area (Å²) in [7, 11) is 1.66. The molecule has 0 fully saturated rings. The number of rotatable bonds is 5. The summed E-state index contributed by atoms with van der Waals surface area (Å²) >= 11 is 1.69. The van der Waals surface area contributed by atoms with Crippen LogP contribution in [-0.2, 0) is 6.61 Å². The molecule has 94 valence electrons. The van der Waals surface area contributed by atoms with Crippen LogP contribution < -0.4 is 9.47 Å². The predicted octanol–water partition coefficient (Wildman–Crippen LogP) is 4.00. The molecule has 2 aromatic rings. The zero-order valence-corrected chi connectivity index (χ0v) is 11.4. The fourth-order valence-corrected chi connectivity index (χ4v) is 2.06. The molecule has 0 atom stereocenters. The van der Waals surface area contributed by atoms with Crippen molar-refractivity contribution in [3.63, 3.8) is 0 Å². The third-order valence-corrected chi connectivity index (χ3v) is 3.33. The second-order valence-corrected chi connectivity index (χ2v) is 4.67. The van der Waals surface area contributed by atoms with Gasteiger partial charge in [-0.05, 0) is 30.0 Å². The van der Waals surface area contributed by atoms with Gasteiger partial charge in [-0.1, -0.05) is 30.3 Å². The zero-order valence-electron chi connectivity index (χ0n) is 10.6. The van der Waals surface area contributed by atoms with Crippen LogP contribution in [0.4, 0.5) is 0 Å². The maximum atomic E-state index is 5.78. The van der Waals surface area contributed by atoms with Gasteiger partial charge in [0, 0.05) is 4.90 Å². The van der Waals surface area contributed by atoms with Crippen LogP contribution in [0.5, 0.6) is 11.5 Å². The molecule has 2 rings (SSSR count). The first-order valence-electron chi connectivity index (χ1n) is 5.72. The molecule has 0 radical (unpaired) electrons. The lowest BCUT2D eigenvalue weighted by Gasteiger charge is -2.11. The maximum Gasteiger partial charge on any atom is 0.161 e. The Balaban J connectivity index is 2.09. The molecule has 0 unspecified atom stereocenters. The minimum Gasteiger partial charge on any atom is -0.493 e. The average molecular weight is 260 g/mol. The van der Waals surface area contributed by atoms with Crippen LogP contribution in [0.1, 0.15) is 5.56 Å². The summed E-state index contributed by atoms with van der Waals surface area (Å²) in [6.45, 7) is 0.551. The van der Waals surface area contributed by atoms with E-state index in [1.807, 2.05) is 54.8 Å². The van der Waals surface area contributed by atoms with Gasteiger partial charge in [0.15, 0.2) is 11.5 Å². The third-order valence-electron chi connectivity index (χ3n) is 2.61. The average Bonchev–Trinajstić information content (AvgIpc) is 2.46. The van der Waals surface area contributed by atoms with Crippen LogP contribution in [0.2, 0.25) is 0 Å². The van der Waals surface area contributed by atoms with E-state index in [0.29, 0.717) is 6.61 Å².